The lowest BCUT2D eigenvalue weighted by Gasteiger charge is -2.16. The number of benzene rings is 1. The predicted molar refractivity (Wildman–Crippen MR) is 79.7 cm³/mol. The lowest BCUT2D eigenvalue weighted by atomic mass is 10.1. The van der Waals surface area contributed by atoms with Gasteiger partial charge in [-0.3, -0.25) is 9.78 Å². The van der Waals surface area contributed by atoms with Crippen LogP contribution in [0.4, 0.5) is 8.78 Å². The van der Waals surface area contributed by atoms with Crippen LogP contribution in [0.5, 0.6) is 0 Å². The number of pyridine rings is 1. The number of carbonyl (C=O) groups excluding carboxylic acids is 1. The summed E-state index contributed by atoms with van der Waals surface area (Å²) in [7, 11) is -4.48. The molecule has 0 aliphatic carbocycles. The zero-order valence-electron chi connectivity index (χ0n) is 11.5. The molecule has 0 unspecified atom stereocenters. The van der Waals surface area contributed by atoms with E-state index in [1.165, 1.54) is 35.2 Å². The average molecular weight is 361 g/mol. The molecule has 2 rings (SSSR count). The van der Waals surface area contributed by atoms with Gasteiger partial charge in [-0.2, -0.15) is 8.78 Å². The molecule has 9 heteroatoms. The van der Waals surface area contributed by atoms with Gasteiger partial charge in [0.15, 0.2) is 0 Å². The molecule has 0 radical (unpaired) electrons. The van der Waals surface area contributed by atoms with Gasteiger partial charge in [0.2, 0.25) is 0 Å². The Morgan fingerprint density at radius 2 is 1.87 bits per heavy atom. The standard InChI is InChI=1S/C14H11ClF2N2O3S/c15-11-6-12(9-18-8-11)23(21,22)19-13(20)14(16,17)7-10-4-2-1-3-5-10/h1-6,8-9H,7H2,(H,19,20). The van der Waals surface area contributed by atoms with E-state index in [1.54, 1.807) is 6.07 Å². The van der Waals surface area contributed by atoms with Gasteiger partial charge in [-0.05, 0) is 11.6 Å². The number of sulfonamides is 1. The summed E-state index contributed by atoms with van der Waals surface area (Å²) in [4.78, 5) is 14.7. The van der Waals surface area contributed by atoms with E-state index in [4.69, 9.17) is 11.6 Å². The minimum atomic E-state index is -4.48. The highest BCUT2D eigenvalue weighted by atomic mass is 35.5. The molecule has 1 aromatic heterocycles. The van der Waals surface area contributed by atoms with Crippen LogP contribution in [0.25, 0.3) is 0 Å². The Balaban J connectivity index is 2.17. The molecule has 23 heavy (non-hydrogen) atoms. The molecule has 5 nitrogen and oxygen atoms in total. The lowest BCUT2D eigenvalue weighted by Crippen LogP contribution is -2.44. The van der Waals surface area contributed by atoms with Gasteiger partial charge in [-0.25, -0.2) is 13.1 Å². The molecule has 0 aliphatic heterocycles. The molecule has 0 aliphatic rings. The van der Waals surface area contributed by atoms with Gasteiger partial charge >= 0.3 is 11.8 Å². The van der Waals surface area contributed by atoms with Gasteiger partial charge in [0.1, 0.15) is 4.90 Å². The zero-order chi connectivity index (χ0) is 17.1. The normalized spacial score (nSPS) is 12.0. The summed E-state index contributed by atoms with van der Waals surface area (Å²) in [6.07, 6.45) is 1.16. The first-order chi connectivity index (χ1) is 10.7. The van der Waals surface area contributed by atoms with Crippen molar-refractivity contribution in [3.8, 4) is 0 Å². The third-order valence-electron chi connectivity index (χ3n) is 2.82. The summed E-state index contributed by atoms with van der Waals surface area (Å²) in [5.74, 6) is -5.80. The Morgan fingerprint density at radius 1 is 1.22 bits per heavy atom. The SMILES string of the molecule is O=C(NS(=O)(=O)c1cncc(Cl)c1)C(F)(F)Cc1ccccc1. The van der Waals surface area contributed by atoms with Crippen LogP contribution in [-0.4, -0.2) is 25.2 Å². The molecule has 0 atom stereocenters. The van der Waals surface area contributed by atoms with Crippen LogP contribution in [0, 0.1) is 0 Å². The van der Waals surface area contributed by atoms with Crippen molar-refractivity contribution in [2.45, 2.75) is 17.2 Å². The Kier molecular flexibility index (Phi) is 4.96. The van der Waals surface area contributed by atoms with E-state index in [-0.39, 0.29) is 10.6 Å². The smallest absolute Gasteiger partial charge is 0.267 e. The number of alkyl halides is 2. The van der Waals surface area contributed by atoms with E-state index in [9.17, 15) is 22.0 Å². The van der Waals surface area contributed by atoms with Gasteiger partial charge in [0, 0.05) is 18.8 Å². The molecule has 0 saturated carbocycles. The second kappa shape index (κ2) is 6.59. The summed E-state index contributed by atoms with van der Waals surface area (Å²) < 4.78 is 53.0. The largest absolute Gasteiger partial charge is 0.329 e. The van der Waals surface area contributed by atoms with E-state index in [0.29, 0.717) is 0 Å². The summed E-state index contributed by atoms with van der Waals surface area (Å²) in [5, 5.41) is -0.00336. The summed E-state index contributed by atoms with van der Waals surface area (Å²) in [6.45, 7) is 0. The van der Waals surface area contributed by atoms with Crippen molar-refractivity contribution in [1.82, 2.24) is 9.71 Å². The van der Waals surface area contributed by atoms with Crippen LogP contribution in [0.1, 0.15) is 5.56 Å². The number of hydrogen-bond acceptors (Lipinski definition) is 4. The van der Waals surface area contributed by atoms with Crippen molar-refractivity contribution < 1.29 is 22.0 Å². The van der Waals surface area contributed by atoms with Gasteiger partial charge in [-0.1, -0.05) is 41.9 Å². The molecule has 0 spiro atoms. The van der Waals surface area contributed by atoms with Crippen LogP contribution < -0.4 is 4.72 Å². The number of nitrogens with zero attached hydrogens (tertiary/aromatic N) is 1. The number of nitrogens with one attached hydrogen (secondary N) is 1. The van der Waals surface area contributed by atoms with E-state index in [2.05, 4.69) is 4.98 Å². The minimum absolute atomic E-state index is 0.00336. The van der Waals surface area contributed by atoms with Crippen LogP contribution >= 0.6 is 11.6 Å². The van der Waals surface area contributed by atoms with E-state index in [1.807, 2.05) is 0 Å². The van der Waals surface area contributed by atoms with Crippen LogP contribution in [0.3, 0.4) is 0 Å². The first kappa shape index (κ1) is 17.3. The molecule has 0 saturated heterocycles. The summed E-state index contributed by atoms with van der Waals surface area (Å²) >= 11 is 5.60. The molecule has 1 amide bonds. The van der Waals surface area contributed by atoms with Crippen LogP contribution in [-0.2, 0) is 21.2 Å². The van der Waals surface area contributed by atoms with Gasteiger partial charge in [0.25, 0.3) is 10.0 Å². The number of amides is 1. The van der Waals surface area contributed by atoms with Gasteiger partial charge < -0.3 is 0 Å². The fraction of sp³-hybridized carbons (Fsp3) is 0.143. The van der Waals surface area contributed by atoms with Crippen molar-refractivity contribution >= 4 is 27.5 Å². The lowest BCUT2D eigenvalue weighted by molar-refractivity contribution is -0.143. The highest BCUT2D eigenvalue weighted by Gasteiger charge is 2.41. The second-order valence-corrected chi connectivity index (χ2v) is 6.76. The number of aromatic nitrogens is 1. The van der Waals surface area contributed by atoms with Crippen molar-refractivity contribution in [1.29, 1.82) is 0 Å². The van der Waals surface area contributed by atoms with Crippen molar-refractivity contribution in [2.75, 3.05) is 0 Å². The fourth-order valence-electron chi connectivity index (χ4n) is 1.73. The third kappa shape index (κ3) is 4.46. The molecule has 2 aromatic rings. The Labute approximate surface area is 136 Å². The summed E-state index contributed by atoms with van der Waals surface area (Å²) in [6, 6.07) is 8.54. The van der Waals surface area contributed by atoms with Crippen LogP contribution in [0.2, 0.25) is 5.02 Å². The van der Waals surface area contributed by atoms with Crippen molar-refractivity contribution in [2.24, 2.45) is 0 Å². The molecular formula is C14H11ClF2N2O3S. The molecule has 122 valence electrons. The highest BCUT2D eigenvalue weighted by molar-refractivity contribution is 7.90. The predicted octanol–water partition coefficient (Wildman–Crippen LogP) is 2.42. The van der Waals surface area contributed by atoms with Crippen molar-refractivity contribution in [3.05, 3.63) is 59.4 Å². The number of hydrogen-bond donors (Lipinski definition) is 1. The maximum Gasteiger partial charge on any atom is 0.329 e. The highest BCUT2D eigenvalue weighted by Crippen LogP contribution is 2.22. The van der Waals surface area contributed by atoms with Crippen LogP contribution in [0.15, 0.2) is 53.7 Å². The quantitative estimate of drug-likeness (QED) is 0.888. The zero-order valence-corrected chi connectivity index (χ0v) is 13.1. The Hall–Kier alpha value is -2.06. The number of rotatable bonds is 5. The molecule has 1 heterocycles. The van der Waals surface area contributed by atoms with Gasteiger partial charge in [-0.15, -0.1) is 0 Å². The molecule has 0 bridgehead atoms. The maximum atomic E-state index is 13.9. The van der Waals surface area contributed by atoms with E-state index >= 15 is 0 Å². The fourth-order valence-corrected chi connectivity index (χ4v) is 2.96. The Morgan fingerprint density at radius 3 is 2.48 bits per heavy atom. The average Bonchev–Trinajstić information content (AvgIpc) is 2.47. The molecule has 1 N–H and O–H groups in total. The van der Waals surface area contributed by atoms with E-state index < -0.39 is 33.2 Å². The monoisotopic (exact) mass is 360 g/mol. The maximum absolute atomic E-state index is 13.9. The first-order valence-electron chi connectivity index (χ1n) is 6.30. The van der Waals surface area contributed by atoms with Gasteiger partial charge in [0.05, 0.1) is 5.02 Å². The van der Waals surface area contributed by atoms with E-state index in [0.717, 1.165) is 12.3 Å². The molecule has 1 aromatic carbocycles. The van der Waals surface area contributed by atoms with Crippen molar-refractivity contribution in [3.63, 3.8) is 0 Å². The second-order valence-electron chi connectivity index (χ2n) is 4.64. The topological polar surface area (TPSA) is 76.1 Å². The molecular weight excluding hydrogens is 350 g/mol. The first-order valence-corrected chi connectivity index (χ1v) is 8.16. The number of carbonyl (C=O) groups is 1. The number of halogens is 3. The summed E-state index contributed by atoms with van der Waals surface area (Å²) in [5.41, 5.74) is 0.203. The molecule has 0 fully saturated rings. The minimum Gasteiger partial charge on any atom is -0.267 e. The Bertz CT molecular complexity index is 814. The third-order valence-corrected chi connectivity index (χ3v) is 4.32.